The Kier molecular flexibility index (Phi) is 5.22. The van der Waals surface area contributed by atoms with Crippen LogP contribution < -0.4 is 10.1 Å². The Bertz CT molecular complexity index is 596. The maximum Gasteiger partial charge on any atom is 0.169 e. The molecule has 1 N–H and O–H groups in total. The topological polar surface area (TPSA) is 21.3 Å². The van der Waals surface area contributed by atoms with Crippen LogP contribution in [0.2, 0.25) is 0 Å². The lowest BCUT2D eigenvalue weighted by molar-refractivity contribution is 0.383. The molecule has 2 aromatic carbocycles. The summed E-state index contributed by atoms with van der Waals surface area (Å²) < 4.78 is 44.8. The molecule has 0 saturated carbocycles. The summed E-state index contributed by atoms with van der Waals surface area (Å²) in [6.45, 7) is 0.806. The van der Waals surface area contributed by atoms with Gasteiger partial charge in [-0.25, -0.2) is 13.2 Å². The van der Waals surface area contributed by atoms with Gasteiger partial charge in [0.1, 0.15) is 11.6 Å². The van der Waals surface area contributed by atoms with Crippen LogP contribution in [-0.4, -0.2) is 13.7 Å². The molecule has 0 atom stereocenters. The molecule has 2 rings (SSSR count). The molecule has 0 radical (unpaired) electrons. The van der Waals surface area contributed by atoms with Crippen LogP contribution in [0.1, 0.15) is 11.1 Å². The zero-order valence-corrected chi connectivity index (χ0v) is 11.6. The van der Waals surface area contributed by atoms with Crippen molar-refractivity contribution in [2.45, 2.75) is 13.0 Å². The number of methoxy groups -OCH3 is 1. The van der Waals surface area contributed by atoms with Gasteiger partial charge in [0, 0.05) is 18.2 Å². The first-order chi connectivity index (χ1) is 10.1. The lowest BCUT2D eigenvalue weighted by Gasteiger charge is -2.09. The van der Waals surface area contributed by atoms with Gasteiger partial charge in [0.2, 0.25) is 0 Å². The molecule has 21 heavy (non-hydrogen) atoms. The van der Waals surface area contributed by atoms with Gasteiger partial charge in [-0.05, 0) is 36.7 Å². The summed E-state index contributed by atoms with van der Waals surface area (Å²) in [6, 6.07) is 8.33. The van der Waals surface area contributed by atoms with Gasteiger partial charge < -0.3 is 10.1 Å². The standard InChI is InChI=1S/C16H16F3NO/c1-21-15-4-2-3-12(16(15)19)10-20-6-5-11-7-13(17)9-14(18)8-11/h2-4,7-9,20H,5-6,10H2,1H3. The molecular formula is C16H16F3NO. The fourth-order valence-corrected chi connectivity index (χ4v) is 2.06. The molecule has 0 spiro atoms. The molecule has 0 unspecified atom stereocenters. The minimum Gasteiger partial charge on any atom is -0.494 e. The van der Waals surface area contributed by atoms with Gasteiger partial charge in [0.25, 0.3) is 0 Å². The Balaban J connectivity index is 1.87. The van der Waals surface area contributed by atoms with E-state index in [-0.39, 0.29) is 5.75 Å². The first kappa shape index (κ1) is 15.4. The number of benzene rings is 2. The number of hydrogen-bond donors (Lipinski definition) is 1. The van der Waals surface area contributed by atoms with E-state index >= 15 is 0 Å². The van der Waals surface area contributed by atoms with Crippen LogP contribution in [0.25, 0.3) is 0 Å². The molecule has 0 aliphatic rings. The molecule has 0 amide bonds. The monoisotopic (exact) mass is 295 g/mol. The van der Waals surface area contributed by atoms with Gasteiger partial charge in [0.15, 0.2) is 11.6 Å². The quantitative estimate of drug-likeness (QED) is 0.824. The predicted molar refractivity (Wildman–Crippen MR) is 74.7 cm³/mol. The second kappa shape index (κ2) is 7.13. The van der Waals surface area contributed by atoms with E-state index in [4.69, 9.17) is 4.74 Å². The van der Waals surface area contributed by atoms with E-state index in [0.717, 1.165) is 6.07 Å². The molecule has 5 heteroatoms. The summed E-state index contributed by atoms with van der Waals surface area (Å²) in [6.07, 6.45) is 0.459. The highest BCUT2D eigenvalue weighted by molar-refractivity contribution is 5.31. The number of nitrogens with one attached hydrogen (secondary N) is 1. The number of ether oxygens (including phenoxy) is 1. The van der Waals surface area contributed by atoms with Crippen molar-refractivity contribution in [2.75, 3.05) is 13.7 Å². The number of halogens is 3. The predicted octanol–water partition coefficient (Wildman–Crippen LogP) is 3.44. The Morgan fingerprint density at radius 1 is 1.05 bits per heavy atom. The van der Waals surface area contributed by atoms with Crippen molar-refractivity contribution in [3.05, 3.63) is 65.0 Å². The van der Waals surface area contributed by atoms with Crippen molar-refractivity contribution < 1.29 is 17.9 Å². The second-order valence-corrected chi connectivity index (χ2v) is 4.64. The van der Waals surface area contributed by atoms with E-state index in [1.807, 2.05) is 0 Å². The molecule has 0 bridgehead atoms. The van der Waals surface area contributed by atoms with Crippen molar-refractivity contribution >= 4 is 0 Å². The van der Waals surface area contributed by atoms with Gasteiger partial charge in [-0.3, -0.25) is 0 Å². The molecule has 0 fully saturated rings. The van der Waals surface area contributed by atoms with Crippen molar-refractivity contribution in [3.63, 3.8) is 0 Å². The molecular weight excluding hydrogens is 279 g/mol. The van der Waals surface area contributed by atoms with E-state index in [2.05, 4.69) is 5.32 Å². The smallest absolute Gasteiger partial charge is 0.169 e. The third-order valence-corrected chi connectivity index (χ3v) is 3.09. The van der Waals surface area contributed by atoms with Gasteiger partial charge in [-0.2, -0.15) is 0 Å². The Labute approximate surface area is 121 Å². The Morgan fingerprint density at radius 2 is 1.76 bits per heavy atom. The molecule has 0 aromatic heterocycles. The van der Waals surface area contributed by atoms with E-state index in [0.29, 0.717) is 30.6 Å². The average Bonchev–Trinajstić information content (AvgIpc) is 2.44. The van der Waals surface area contributed by atoms with E-state index in [9.17, 15) is 13.2 Å². The summed E-state index contributed by atoms with van der Waals surface area (Å²) in [5.41, 5.74) is 1.05. The van der Waals surface area contributed by atoms with E-state index in [1.54, 1.807) is 18.2 Å². The van der Waals surface area contributed by atoms with Crippen molar-refractivity contribution in [1.82, 2.24) is 5.32 Å². The third-order valence-electron chi connectivity index (χ3n) is 3.09. The third kappa shape index (κ3) is 4.23. The van der Waals surface area contributed by atoms with Crippen molar-refractivity contribution in [2.24, 2.45) is 0 Å². The lowest BCUT2D eigenvalue weighted by Crippen LogP contribution is -2.17. The molecule has 2 nitrogen and oxygen atoms in total. The van der Waals surface area contributed by atoms with Gasteiger partial charge in [-0.1, -0.05) is 12.1 Å². The van der Waals surface area contributed by atoms with Crippen LogP contribution >= 0.6 is 0 Å². The van der Waals surface area contributed by atoms with Gasteiger partial charge >= 0.3 is 0 Å². The maximum absolute atomic E-state index is 13.9. The number of rotatable bonds is 6. The van der Waals surface area contributed by atoms with Gasteiger partial charge in [0.05, 0.1) is 7.11 Å². The van der Waals surface area contributed by atoms with Crippen molar-refractivity contribution in [1.29, 1.82) is 0 Å². The SMILES string of the molecule is COc1cccc(CNCCc2cc(F)cc(F)c2)c1F. The average molecular weight is 295 g/mol. The Hall–Kier alpha value is -2.01. The summed E-state index contributed by atoms with van der Waals surface area (Å²) >= 11 is 0. The van der Waals surface area contributed by atoms with E-state index < -0.39 is 17.5 Å². The lowest BCUT2D eigenvalue weighted by atomic mass is 10.1. The highest BCUT2D eigenvalue weighted by atomic mass is 19.1. The van der Waals surface area contributed by atoms with Crippen LogP contribution in [0, 0.1) is 17.5 Å². The molecule has 0 aliphatic heterocycles. The van der Waals surface area contributed by atoms with Crippen LogP contribution in [0.3, 0.4) is 0 Å². The van der Waals surface area contributed by atoms with Crippen LogP contribution in [0.15, 0.2) is 36.4 Å². The Morgan fingerprint density at radius 3 is 2.43 bits per heavy atom. The van der Waals surface area contributed by atoms with Crippen LogP contribution in [-0.2, 0) is 13.0 Å². The fraction of sp³-hybridized carbons (Fsp3) is 0.250. The van der Waals surface area contributed by atoms with Gasteiger partial charge in [-0.15, -0.1) is 0 Å². The zero-order valence-electron chi connectivity index (χ0n) is 11.6. The van der Waals surface area contributed by atoms with Crippen LogP contribution in [0.4, 0.5) is 13.2 Å². The van der Waals surface area contributed by atoms with E-state index in [1.165, 1.54) is 19.2 Å². The summed E-state index contributed by atoms with van der Waals surface area (Å²) in [5, 5.41) is 3.04. The number of hydrogen-bond acceptors (Lipinski definition) is 2. The summed E-state index contributed by atoms with van der Waals surface area (Å²) in [4.78, 5) is 0. The molecule has 2 aromatic rings. The second-order valence-electron chi connectivity index (χ2n) is 4.64. The largest absolute Gasteiger partial charge is 0.494 e. The highest BCUT2D eigenvalue weighted by Gasteiger charge is 2.07. The normalized spacial score (nSPS) is 10.7. The molecule has 0 aliphatic carbocycles. The molecule has 0 saturated heterocycles. The minimum absolute atomic E-state index is 0.196. The zero-order chi connectivity index (χ0) is 15.2. The maximum atomic E-state index is 13.9. The molecule has 0 heterocycles. The summed E-state index contributed by atoms with van der Waals surface area (Å²) in [5.74, 6) is -1.39. The van der Waals surface area contributed by atoms with Crippen molar-refractivity contribution in [3.8, 4) is 5.75 Å². The fourth-order valence-electron chi connectivity index (χ4n) is 2.06. The highest BCUT2D eigenvalue weighted by Crippen LogP contribution is 2.19. The first-order valence-electron chi connectivity index (χ1n) is 6.57. The minimum atomic E-state index is -0.594. The first-order valence-corrected chi connectivity index (χ1v) is 6.57. The molecule has 112 valence electrons. The summed E-state index contributed by atoms with van der Waals surface area (Å²) in [7, 11) is 1.41. The van der Waals surface area contributed by atoms with Crippen LogP contribution in [0.5, 0.6) is 5.75 Å².